The van der Waals surface area contributed by atoms with Crippen LogP contribution in [-0.2, 0) is 14.8 Å². The third kappa shape index (κ3) is 9.97. The highest BCUT2D eigenvalue weighted by Crippen LogP contribution is 2.43. The molecule has 0 spiro atoms. The minimum Gasteiger partial charge on any atom is -0.455 e. The second-order valence-electron chi connectivity index (χ2n) is 16.6. The second kappa shape index (κ2) is 17.8. The van der Waals surface area contributed by atoms with Gasteiger partial charge < -0.3 is 19.4 Å². The molecule has 1 aliphatic carbocycles. The molecule has 3 aromatic carbocycles. The van der Waals surface area contributed by atoms with Crippen molar-refractivity contribution in [3.05, 3.63) is 117 Å². The molecule has 0 radical (unpaired) electrons. The number of rotatable bonds is 12. The molecule has 14 nitrogen and oxygen atoms in total. The summed E-state index contributed by atoms with van der Waals surface area (Å²) in [7, 11) is -4.58. The molecule has 3 aliphatic rings. The quantitative estimate of drug-likeness (QED) is 0.0701. The first-order valence-corrected chi connectivity index (χ1v) is 22.3. The van der Waals surface area contributed by atoms with E-state index in [9.17, 15) is 23.3 Å². The summed E-state index contributed by atoms with van der Waals surface area (Å²) in [6, 6.07) is 20.2. The van der Waals surface area contributed by atoms with Gasteiger partial charge in [-0.05, 0) is 103 Å². The van der Waals surface area contributed by atoms with Crippen molar-refractivity contribution < 1.29 is 27.6 Å². The van der Waals surface area contributed by atoms with E-state index in [2.05, 4.69) is 55.5 Å². The highest BCUT2D eigenvalue weighted by atomic mass is 35.5. The molecule has 0 saturated carbocycles. The number of halogens is 1. The lowest BCUT2D eigenvalue weighted by Gasteiger charge is -2.39. The van der Waals surface area contributed by atoms with Gasteiger partial charge >= 0.3 is 0 Å². The fraction of sp³-hybridized carbons (Fsp3) is 0.356. The number of aromatic nitrogens is 2. The molecule has 16 heteroatoms. The van der Waals surface area contributed by atoms with Crippen LogP contribution in [0.2, 0.25) is 5.02 Å². The number of benzene rings is 3. The van der Waals surface area contributed by atoms with Crippen LogP contribution in [0.5, 0.6) is 11.5 Å². The van der Waals surface area contributed by atoms with E-state index in [0.29, 0.717) is 24.6 Å². The molecule has 1 amide bonds. The maximum absolute atomic E-state index is 13.9. The van der Waals surface area contributed by atoms with E-state index in [0.717, 1.165) is 87.0 Å². The Hall–Kier alpha value is -5.61. The minimum absolute atomic E-state index is 0.0136. The van der Waals surface area contributed by atoms with Crippen molar-refractivity contribution >= 4 is 67.4 Å². The smallest absolute Gasteiger partial charge is 0.296 e. The van der Waals surface area contributed by atoms with Crippen molar-refractivity contribution in [2.45, 2.75) is 50.8 Å². The fourth-order valence-corrected chi connectivity index (χ4v) is 9.30. The van der Waals surface area contributed by atoms with Crippen LogP contribution in [0.25, 0.3) is 16.6 Å². The summed E-state index contributed by atoms with van der Waals surface area (Å²) in [6.07, 6.45) is 9.58. The lowest BCUT2D eigenvalue weighted by molar-refractivity contribution is -0.384. The molecule has 0 unspecified atom stereocenters. The van der Waals surface area contributed by atoms with Crippen molar-refractivity contribution in [1.29, 1.82) is 0 Å². The standard InChI is InChI=1S/C45H48ClN7O7S/c1-45(2)15-11-33(39(26-45)31-3-5-34(46)6-4-31)29-51-17-19-52(20-18-51)35-7-9-38(42(24-35)60-36-23-32-12-16-47-43(32)49-28-36)44(54)50-61(57,58)37-8-10-40(41(25-37)53(55)56)48-27-30-13-21-59-22-14-30/h3-10,12,16,23-25,27-28,30H,11,13-15,17-22,26,29H2,1-2H3,(H,47,49)(H,50,54). The maximum atomic E-state index is 13.9. The molecule has 0 atom stereocenters. The Morgan fingerprint density at radius 1 is 1.07 bits per heavy atom. The van der Waals surface area contributed by atoms with E-state index in [-0.39, 0.29) is 28.3 Å². The number of pyridine rings is 1. The minimum atomic E-state index is -4.58. The van der Waals surface area contributed by atoms with E-state index < -0.39 is 31.4 Å². The van der Waals surface area contributed by atoms with Crippen molar-refractivity contribution in [2.75, 3.05) is 50.8 Å². The van der Waals surface area contributed by atoms with E-state index in [1.807, 2.05) is 18.2 Å². The summed E-state index contributed by atoms with van der Waals surface area (Å²) in [5, 5.41) is 13.6. The Labute approximate surface area is 359 Å². The summed E-state index contributed by atoms with van der Waals surface area (Å²) in [4.78, 5) is 41.3. The molecule has 5 aromatic rings. The number of fused-ring (bicyclic) bond motifs is 1. The van der Waals surface area contributed by atoms with Crippen molar-refractivity contribution in [3.8, 4) is 11.5 Å². The molecule has 2 aromatic heterocycles. The Morgan fingerprint density at radius 3 is 2.59 bits per heavy atom. The molecule has 61 heavy (non-hydrogen) atoms. The largest absolute Gasteiger partial charge is 0.455 e. The first-order chi connectivity index (χ1) is 29.3. The third-order valence-electron chi connectivity index (χ3n) is 11.7. The van der Waals surface area contributed by atoms with Crippen LogP contribution in [0, 0.1) is 21.4 Å². The molecule has 318 valence electrons. The SMILES string of the molecule is CC1(C)CCC(CN2CCN(c3ccc(C(=O)NS(=O)(=O)c4ccc(N=CC5CCOCC5)c([N+](=O)[O-])c4)c(Oc4cnc5[nH]ccc5c4)c3)CC2)=C(c2ccc(Cl)cc2)C1. The average molecular weight is 866 g/mol. The predicted octanol–water partition coefficient (Wildman–Crippen LogP) is 8.95. The van der Waals surface area contributed by atoms with Gasteiger partial charge in [-0.3, -0.25) is 24.8 Å². The summed E-state index contributed by atoms with van der Waals surface area (Å²) < 4.78 is 41.1. The van der Waals surface area contributed by atoms with Crippen molar-refractivity contribution in [1.82, 2.24) is 19.6 Å². The zero-order valence-corrected chi connectivity index (χ0v) is 35.7. The van der Waals surface area contributed by atoms with Crippen LogP contribution < -0.4 is 14.4 Å². The number of H-pyrrole nitrogens is 1. The molecule has 2 aliphatic heterocycles. The lowest BCUT2D eigenvalue weighted by atomic mass is 9.72. The van der Waals surface area contributed by atoms with Gasteiger partial charge in [-0.25, -0.2) is 18.1 Å². The number of carbonyl (C=O) groups excluding carboxylic acids is 1. The summed E-state index contributed by atoms with van der Waals surface area (Å²) >= 11 is 6.24. The number of allylic oxidation sites excluding steroid dienone is 1. The van der Waals surface area contributed by atoms with E-state index in [1.165, 1.54) is 41.1 Å². The number of hydrogen-bond donors (Lipinski definition) is 2. The van der Waals surface area contributed by atoms with Crippen LogP contribution in [0.4, 0.5) is 17.1 Å². The number of nitro benzene ring substituents is 1. The van der Waals surface area contributed by atoms with Gasteiger partial charge in [0.25, 0.3) is 21.6 Å². The van der Waals surface area contributed by atoms with Gasteiger partial charge in [0.15, 0.2) is 0 Å². The van der Waals surface area contributed by atoms with Crippen LogP contribution in [0.3, 0.4) is 0 Å². The predicted molar refractivity (Wildman–Crippen MR) is 237 cm³/mol. The molecule has 4 heterocycles. The van der Waals surface area contributed by atoms with Crippen LogP contribution in [0.1, 0.15) is 61.9 Å². The molecule has 0 bridgehead atoms. The second-order valence-corrected chi connectivity index (χ2v) is 18.8. The van der Waals surface area contributed by atoms with E-state index >= 15 is 0 Å². The lowest BCUT2D eigenvalue weighted by Crippen LogP contribution is -2.47. The first kappa shape index (κ1) is 42.1. The molecule has 2 fully saturated rings. The number of nitro groups is 1. The number of nitrogens with zero attached hydrogens (tertiary/aromatic N) is 5. The number of ether oxygens (including phenoxy) is 2. The number of amides is 1. The Morgan fingerprint density at radius 2 is 1.84 bits per heavy atom. The number of aromatic amines is 1. The molecular formula is C45H48ClN7O7S. The van der Waals surface area contributed by atoms with Crippen molar-refractivity contribution in [3.63, 3.8) is 0 Å². The zero-order chi connectivity index (χ0) is 42.7. The third-order valence-corrected chi connectivity index (χ3v) is 13.3. The number of sulfonamides is 1. The maximum Gasteiger partial charge on any atom is 0.296 e. The Bertz CT molecular complexity index is 2610. The summed E-state index contributed by atoms with van der Waals surface area (Å²) in [5.74, 6) is -0.405. The normalized spacial score (nSPS) is 17.9. The number of piperazine rings is 1. The Kier molecular flexibility index (Phi) is 12.3. The van der Waals surface area contributed by atoms with Gasteiger partial charge in [0, 0.05) is 86.6 Å². The van der Waals surface area contributed by atoms with Crippen molar-refractivity contribution in [2.24, 2.45) is 16.3 Å². The highest BCUT2D eigenvalue weighted by molar-refractivity contribution is 7.90. The molecular weight excluding hydrogens is 818 g/mol. The monoisotopic (exact) mass is 865 g/mol. The van der Waals surface area contributed by atoms with Gasteiger partial charge in [-0.2, -0.15) is 0 Å². The van der Waals surface area contributed by atoms with Gasteiger partial charge in [0.2, 0.25) is 0 Å². The number of hydrogen-bond acceptors (Lipinski definition) is 11. The number of carbonyl (C=O) groups is 1. The number of anilines is 1. The molecule has 8 rings (SSSR count). The highest BCUT2D eigenvalue weighted by Gasteiger charge is 2.30. The summed E-state index contributed by atoms with van der Waals surface area (Å²) in [5.41, 5.74) is 5.25. The zero-order valence-electron chi connectivity index (χ0n) is 34.1. The van der Waals surface area contributed by atoms with Crippen LogP contribution >= 0.6 is 11.6 Å². The summed E-state index contributed by atoms with van der Waals surface area (Å²) in [6.45, 7) is 9.77. The van der Waals surface area contributed by atoms with Gasteiger partial charge in [-0.15, -0.1) is 0 Å². The van der Waals surface area contributed by atoms with Crippen LogP contribution in [-0.4, -0.2) is 86.3 Å². The molecule has 2 saturated heterocycles. The van der Waals surface area contributed by atoms with E-state index in [4.69, 9.17) is 21.1 Å². The van der Waals surface area contributed by atoms with E-state index in [1.54, 1.807) is 30.6 Å². The topological polar surface area (TPSA) is 172 Å². The van der Waals surface area contributed by atoms with Crippen LogP contribution in [0.15, 0.2) is 101 Å². The average Bonchev–Trinajstić information content (AvgIpc) is 3.72. The fourth-order valence-electron chi connectivity index (χ4n) is 8.19. The first-order valence-electron chi connectivity index (χ1n) is 20.5. The van der Waals surface area contributed by atoms with Gasteiger partial charge in [0.05, 0.1) is 21.6 Å². The number of aliphatic imine (C=N–C) groups is 1. The number of nitrogens with one attached hydrogen (secondary N) is 2. The van der Waals surface area contributed by atoms with Gasteiger partial charge in [0.1, 0.15) is 22.8 Å². The molecule has 2 N–H and O–H groups in total. The Balaban J connectivity index is 1.01. The van der Waals surface area contributed by atoms with Gasteiger partial charge in [-0.1, -0.05) is 43.2 Å².